The second-order valence-corrected chi connectivity index (χ2v) is 5.35. The van der Waals surface area contributed by atoms with Crippen molar-refractivity contribution in [2.24, 2.45) is 0 Å². The number of hydrogen-bond acceptors (Lipinski definition) is 2. The number of carbonyl (C=O) groups is 1. The smallest absolute Gasteiger partial charge is 0.314 e. The van der Waals surface area contributed by atoms with Crippen LogP contribution < -0.4 is 10.6 Å². The van der Waals surface area contributed by atoms with Crippen LogP contribution in [0, 0.1) is 12.7 Å². The Bertz CT molecular complexity index is 661. The van der Waals surface area contributed by atoms with Crippen molar-refractivity contribution in [2.75, 3.05) is 13.1 Å². The first-order valence-electron chi connectivity index (χ1n) is 7.56. The molecule has 0 spiro atoms. The summed E-state index contributed by atoms with van der Waals surface area (Å²) in [5.41, 5.74) is 2.33. The minimum Gasteiger partial charge on any atom is -0.387 e. The first-order chi connectivity index (χ1) is 11.1. The molecule has 0 aliphatic rings. The molecule has 0 saturated heterocycles. The fourth-order valence-corrected chi connectivity index (χ4v) is 2.33. The van der Waals surface area contributed by atoms with Gasteiger partial charge in [0.2, 0.25) is 0 Å². The van der Waals surface area contributed by atoms with Crippen molar-refractivity contribution < 1.29 is 14.3 Å². The summed E-state index contributed by atoms with van der Waals surface area (Å²) in [4.78, 5) is 11.7. The highest BCUT2D eigenvalue weighted by atomic mass is 19.1. The number of halogens is 1. The molecule has 2 rings (SSSR count). The van der Waals surface area contributed by atoms with Crippen molar-refractivity contribution in [3.63, 3.8) is 0 Å². The molecule has 4 nitrogen and oxygen atoms in total. The summed E-state index contributed by atoms with van der Waals surface area (Å²) < 4.78 is 13.4. The van der Waals surface area contributed by atoms with Crippen LogP contribution >= 0.6 is 0 Å². The topological polar surface area (TPSA) is 61.4 Å². The number of aliphatic hydroxyl groups is 1. The monoisotopic (exact) mass is 316 g/mol. The molecule has 0 aliphatic carbocycles. The van der Waals surface area contributed by atoms with E-state index in [2.05, 4.69) is 10.6 Å². The third-order valence-corrected chi connectivity index (χ3v) is 3.64. The predicted molar refractivity (Wildman–Crippen MR) is 87.6 cm³/mol. The lowest BCUT2D eigenvalue weighted by Crippen LogP contribution is -2.38. The van der Waals surface area contributed by atoms with E-state index < -0.39 is 6.10 Å². The Kier molecular flexibility index (Phi) is 6.11. The summed E-state index contributed by atoms with van der Waals surface area (Å²) in [6.45, 7) is 2.36. The second kappa shape index (κ2) is 8.29. The van der Waals surface area contributed by atoms with Crippen LogP contribution in [0.4, 0.5) is 9.18 Å². The van der Waals surface area contributed by atoms with Crippen molar-refractivity contribution >= 4 is 6.03 Å². The molecule has 0 radical (unpaired) electrons. The molecule has 0 heterocycles. The largest absolute Gasteiger partial charge is 0.387 e. The van der Waals surface area contributed by atoms with Crippen molar-refractivity contribution in [3.05, 3.63) is 71.0 Å². The Hall–Kier alpha value is -2.40. The molecule has 5 heteroatoms. The molecular formula is C18H21FN2O2. The number of rotatable bonds is 6. The summed E-state index contributed by atoms with van der Waals surface area (Å²) in [7, 11) is 0. The van der Waals surface area contributed by atoms with Gasteiger partial charge in [-0.25, -0.2) is 9.18 Å². The maximum atomic E-state index is 13.4. The lowest BCUT2D eigenvalue weighted by Gasteiger charge is -2.15. The predicted octanol–water partition coefficient (Wildman–Crippen LogP) is 2.71. The van der Waals surface area contributed by atoms with Crippen molar-refractivity contribution in [1.82, 2.24) is 10.6 Å². The van der Waals surface area contributed by atoms with Gasteiger partial charge in [0.15, 0.2) is 0 Å². The van der Waals surface area contributed by atoms with Gasteiger partial charge in [0.25, 0.3) is 0 Å². The molecule has 0 aliphatic heterocycles. The molecule has 0 aromatic heterocycles. The number of aryl methyl sites for hydroxylation is 1. The molecule has 2 amide bonds. The highest BCUT2D eigenvalue weighted by Gasteiger charge is 2.11. The zero-order chi connectivity index (χ0) is 16.7. The normalized spacial score (nSPS) is 11.8. The molecule has 2 aromatic carbocycles. The number of carbonyl (C=O) groups excluding carboxylic acids is 1. The Morgan fingerprint density at radius 3 is 2.57 bits per heavy atom. The van der Waals surface area contributed by atoms with Gasteiger partial charge in [-0.1, -0.05) is 42.5 Å². The Morgan fingerprint density at radius 1 is 1.13 bits per heavy atom. The average molecular weight is 316 g/mol. The van der Waals surface area contributed by atoms with Crippen LogP contribution in [0.2, 0.25) is 0 Å². The van der Waals surface area contributed by atoms with E-state index in [1.165, 1.54) is 6.07 Å². The zero-order valence-corrected chi connectivity index (χ0v) is 13.1. The molecule has 0 fully saturated rings. The quantitative estimate of drug-likeness (QED) is 0.767. The first-order valence-corrected chi connectivity index (χ1v) is 7.56. The van der Waals surface area contributed by atoms with Crippen LogP contribution in [0.15, 0.2) is 48.5 Å². The lowest BCUT2D eigenvalue weighted by molar-refractivity contribution is 0.172. The SMILES string of the molecule is Cc1ccccc1C(O)CNC(=O)NCCc1ccccc1F. The van der Waals surface area contributed by atoms with Gasteiger partial charge in [-0.2, -0.15) is 0 Å². The van der Waals surface area contributed by atoms with Crippen LogP contribution in [-0.2, 0) is 6.42 Å². The molecule has 1 unspecified atom stereocenters. The number of nitrogens with one attached hydrogen (secondary N) is 2. The zero-order valence-electron chi connectivity index (χ0n) is 13.1. The summed E-state index contributed by atoms with van der Waals surface area (Å²) in [6.07, 6.45) is -0.339. The van der Waals surface area contributed by atoms with E-state index in [-0.39, 0.29) is 18.4 Å². The van der Waals surface area contributed by atoms with E-state index in [0.717, 1.165) is 11.1 Å². The molecule has 23 heavy (non-hydrogen) atoms. The Morgan fingerprint density at radius 2 is 1.83 bits per heavy atom. The third-order valence-electron chi connectivity index (χ3n) is 3.64. The summed E-state index contributed by atoms with van der Waals surface area (Å²) in [5.74, 6) is -0.273. The Balaban J connectivity index is 1.73. The highest BCUT2D eigenvalue weighted by molar-refractivity contribution is 5.73. The first kappa shape index (κ1) is 17.0. The van der Waals surface area contributed by atoms with Gasteiger partial charge in [0.05, 0.1) is 6.10 Å². The van der Waals surface area contributed by atoms with Gasteiger partial charge in [-0.15, -0.1) is 0 Å². The van der Waals surface area contributed by atoms with E-state index in [1.807, 2.05) is 31.2 Å². The van der Waals surface area contributed by atoms with E-state index in [9.17, 15) is 14.3 Å². The molecule has 2 aromatic rings. The highest BCUT2D eigenvalue weighted by Crippen LogP contribution is 2.16. The van der Waals surface area contributed by atoms with Gasteiger partial charge in [-0.3, -0.25) is 0 Å². The van der Waals surface area contributed by atoms with Gasteiger partial charge < -0.3 is 15.7 Å². The van der Waals surface area contributed by atoms with Crippen LogP contribution in [0.3, 0.4) is 0 Å². The van der Waals surface area contributed by atoms with E-state index in [1.54, 1.807) is 18.2 Å². The fourth-order valence-electron chi connectivity index (χ4n) is 2.33. The van der Waals surface area contributed by atoms with Crippen LogP contribution in [-0.4, -0.2) is 24.2 Å². The number of hydrogen-bond donors (Lipinski definition) is 3. The molecule has 0 saturated carbocycles. The van der Waals surface area contributed by atoms with E-state index >= 15 is 0 Å². The fraction of sp³-hybridized carbons (Fsp3) is 0.278. The maximum Gasteiger partial charge on any atom is 0.314 e. The summed E-state index contributed by atoms with van der Waals surface area (Å²) in [6, 6.07) is 13.6. The van der Waals surface area contributed by atoms with Crippen molar-refractivity contribution in [1.29, 1.82) is 0 Å². The number of aliphatic hydroxyl groups excluding tert-OH is 1. The van der Waals surface area contributed by atoms with Crippen LogP contribution in [0.5, 0.6) is 0 Å². The molecule has 1 atom stereocenters. The van der Waals surface area contributed by atoms with Crippen LogP contribution in [0.25, 0.3) is 0 Å². The summed E-state index contributed by atoms with van der Waals surface area (Å²) >= 11 is 0. The van der Waals surface area contributed by atoms with Gasteiger partial charge in [0.1, 0.15) is 5.82 Å². The molecule has 3 N–H and O–H groups in total. The van der Waals surface area contributed by atoms with E-state index in [0.29, 0.717) is 18.5 Å². The average Bonchev–Trinajstić information content (AvgIpc) is 2.55. The molecular weight excluding hydrogens is 295 g/mol. The number of amides is 2. The number of benzene rings is 2. The van der Waals surface area contributed by atoms with Crippen molar-refractivity contribution in [2.45, 2.75) is 19.4 Å². The van der Waals surface area contributed by atoms with E-state index in [4.69, 9.17) is 0 Å². The summed E-state index contributed by atoms with van der Waals surface area (Å²) in [5, 5.41) is 15.4. The lowest BCUT2D eigenvalue weighted by atomic mass is 10.0. The standard InChI is InChI=1S/C18H21FN2O2/c1-13-6-2-4-8-15(13)17(22)12-21-18(23)20-11-10-14-7-3-5-9-16(14)19/h2-9,17,22H,10-12H2,1H3,(H2,20,21,23). The molecule has 122 valence electrons. The van der Waals surface area contributed by atoms with Crippen LogP contribution in [0.1, 0.15) is 22.8 Å². The maximum absolute atomic E-state index is 13.4. The van der Waals surface area contributed by atoms with Crippen molar-refractivity contribution in [3.8, 4) is 0 Å². The molecule has 0 bridgehead atoms. The number of urea groups is 1. The van der Waals surface area contributed by atoms with Gasteiger partial charge >= 0.3 is 6.03 Å². The second-order valence-electron chi connectivity index (χ2n) is 5.35. The van der Waals surface area contributed by atoms with Gasteiger partial charge in [-0.05, 0) is 36.1 Å². The van der Waals surface area contributed by atoms with Gasteiger partial charge in [0, 0.05) is 13.1 Å². The third kappa shape index (κ3) is 5.07. The minimum absolute atomic E-state index is 0.121. The minimum atomic E-state index is -0.756. The Labute approximate surface area is 135 Å².